The zero-order valence-corrected chi connectivity index (χ0v) is 19.3. The Morgan fingerprint density at radius 1 is 1.09 bits per heavy atom. The summed E-state index contributed by atoms with van der Waals surface area (Å²) in [5.41, 5.74) is 4.41. The summed E-state index contributed by atoms with van der Waals surface area (Å²) < 4.78 is 1.71. The lowest BCUT2D eigenvalue weighted by molar-refractivity contribution is 0.123. The van der Waals surface area contributed by atoms with Gasteiger partial charge in [0.1, 0.15) is 5.82 Å². The number of benzene rings is 2. The van der Waals surface area contributed by atoms with E-state index in [4.69, 9.17) is 4.98 Å². The fourth-order valence-electron chi connectivity index (χ4n) is 3.94. The Kier molecular flexibility index (Phi) is 7.61. The normalized spacial score (nSPS) is 12.0. The molecule has 1 heterocycles. The fraction of sp³-hybridized carbons (Fsp3) is 0.370. The van der Waals surface area contributed by atoms with Crippen molar-refractivity contribution in [2.24, 2.45) is 5.92 Å². The first-order chi connectivity index (χ1) is 15.4. The molecule has 0 saturated heterocycles. The third-order valence-electron chi connectivity index (χ3n) is 5.75. The summed E-state index contributed by atoms with van der Waals surface area (Å²) in [4.78, 5) is 18.3. The molecule has 3 rings (SSSR count). The number of hydrogen-bond acceptors (Lipinski definition) is 4. The Bertz CT molecular complexity index is 1170. The lowest BCUT2D eigenvalue weighted by Crippen LogP contribution is -2.33. The largest absolute Gasteiger partial charge is 0.388 e. The maximum atomic E-state index is 13.5. The molecule has 1 unspecified atom stereocenters. The van der Waals surface area contributed by atoms with Crippen molar-refractivity contribution < 1.29 is 5.11 Å². The van der Waals surface area contributed by atoms with E-state index in [-0.39, 0.29) is 11.5 Å². The molecule has 0 aliphatic carbocycles. The molecule has 0 radical (unpaired) electrons. The maximum absolute atomic E-state index is 13.5. The van der Waals surface area contributed by atoms with Crippen LogP contribution in [0.3, 0.4) is 0 Å². The summed E-state index contributed by atoms with van der Waals surface area (Å²) in [6, 6.07) is 17.7. The highest BCUT2D eigenvalue weighted by molar-refractivity contribution is 5.70. The smallest absolute Gasteiger partial charge is 0.259 e. The number of hydrogen-bond donors (Lipinski definition) is 1. The molecular formula is C27H31N3O2. The monoisotopic (exact) mass is 429 g/mol. The lowest BCUT2D eigenvalue weighted by atomic mass is 9.97. The molecule has 2 aromatic carbocycles. The summed E-state index contributed by atoms with van der Waals surface area (Å²) >= 11 is 0. The van der Waals surface area contributed by atoms with E-state index in [1.165, 1.54) is 0 Å². The van der Waals surface area contributed by atoms with Gasteiger partial charge in [-0.1, -0.05) is 70.2 Å². The average molecular weight is 430 g/mol. The van der Waals surface area contributed by atoms with Crippen LogP contribution in [0.15, 0.2) is 53.3 Å². The van der Waals surface area contributed by atoms with Crippen molar-refractivity contribution in [1.29, 1.82) is 5.26 Å². The van der Waals surface area contributed by atoms with Gasteiger partial charge in [-0.25, -0.2) is 4.98 Å². The molecule has 3 aromatic rings. The quantitative estimate of drug-likeness (QED) is 0.544. The van der Waals surface area contributed by atoms with Gasteiger partial charge in [-0.05, 0) is 41.5 Å². The van der Waals surface area contributed by atoms with Crippen molar-refractivity contribution in [2.75, 3.05) is 0 Å². The van der Waals surface area contributed by atoms with Crippen LogP contribution in [0.25, 0.3) is 11.1 Å². The van der Waals surface area contributed by atoms with E-state index in [9.17, 15) is 15.2 Å². The van der Waals surface area contributed by atoms with E-state index in [0.29, 0.717) is 36.2 Å². The van der Waals surface area contributed by atoms with Gasteiger partial charge in [0, 0.05) is 6.42 Å². The number of aliphatic hydroxyl groups is 1. The van der Waals surface area contributed by atoms with E-state index in [1.807, 2.05) is 69.3 Å². The third-order valence-corrected chi connectivity index (χ3v) is 5.75. The lowest BCUT2D eigenvalue weighted by Gasteiger charge is -2.21. The average Bonchev–Trinajstić information content (AvgIpc) is 2.81. The second-order valence-electron chi connectivity index (χ2n) is 8.43. The van der Waals surface area contributed by atoms with Gasteiger partial charge in [-0.2, -0.15) is 5.26 Å². The molecule has 0 saturated carbocycles. The van der Waals surface area contributed by atoms with Crippen LogP contribution in [0, 0.1) is 17.2 Å². The Morgan fingerprint density at radius 2 is 1.78 bits per heavy atom. The van der Waals surface area contributed by atoms with Crippen LogP contribution in [-0.4, -0.2) is 14.7 Å². The van der Waals surface area contributed by atoms with Crippen LogP contribution in [0.2, 0.25) is 0 Å². The molecule has 166 valence electrons. The molecule has 32 heavy (non-hydrogen) atoms. The summed E-state index contributed by atoms with van der Waals surface area (Å²) in [5, 5.41) is 20.1. The van der Waals surface area contributed by atoms with Crippen molar-refractivity contribution in [3.05, 3.63) is 87.1 Å². The van der Waals surface area contributed by atoms with Crippen LogP contribution in [0.4, 0.5) is 0 Å². The summed E-state index contributed by atoms with van der Waals surface area (Å²) in [5.74, 6) is 0.688. The van der Waals surface area contributed by atoms with Crippen LogP contribution in [0.1, 0.15) is 68.4 Å². The predicted octanol–water partition coefficient (Wildman–Crippen LogP) is 5.03. The first-order valence-corrected chi connectivity index (χ1v) is 11.3. The zero-order chi connectivity index (χ0) is 23.3. The predicted molar refractivity (Wildman–Crippen MR) is 127 cm³/mol. The Balaban J connectivity index is 2.03. The van der Waals surface area contributed by atoms with Gasteiger partial charge >= 0.3 is 0 Å². The topological polar surface area (TPSA) is 78.9 Å². The molecule has 5 heteroatoms. The number of aromatic nitrogens is 2. The fourth-order valence-corrected chi connectivity index (χ4v) is 3.94. The number of nitriles is 1. The van der Waals surface area contributed by atoms with Gasteiger partial charge in [0.25, 0.3) is 5.56 Å². The number of rotatable bonds is 8. The molecule has 0 aliphatic rings. The van der Waals surface area contributed by atoms with Crippen molar-refractivity contribution >= 4 is 0 Å². The van der Waals surface area contributed by atoms with Gasteiger partial charge in [0.15, 0.2) is 0 Å². The highest BCUT2D eigenvalue weighted by Gasteiger charge is 2.23. The molecule has 0 fully saturated rings. The van der Waals surface area contributed by atoms with Gasteiger partial charge in [0.2, 0.25) is 0 Å². The van der Waals surface area contributed by atoms with Gasteiger partial charge in [-0.3, -0.25) is 9.36 Å². The zero-order valence-electron chi connectivity index (χ0n) is 19.3. The first kappa shape index (κ1) is 23.4. The second kappa shape index (κ2) is 10.4. The van der Waals surface area contributed by atoms with E-state index in [1.54, 1.807) is 4.57 Å². The molecule has 5 nitrogen and oxygen atoms in total. The summed E-state index contributed by atoms with van der Waals surface area (Å²) in [7, 11) is 0. The van der Waals surface area contributed by atoms with Gasteiger partial charge in [-0.15, -0.1) is 0 Å². The van der Waals surface area contributed by atoms with Gasteiger partial charge in [0.05, 0.1) is 35.5 Å². The molecule has 1 aromatic heterocycles. The van der Waals surface area contributed by atoms with Gasteiger partial charge < -0.3 is 5.11 Å². The molecule has 0 amide bonds. The Morgan fingerprint density at radius 3 is 2.38 bits per heavy atom. The van der Waals surface area contributed by atoms with E-state index < -0.39 is 6.10 Å². The minimum Gasteiger partial charge on any atom is -0.388 e. The Labute approximate surface area is 190 Å². The maximum Gasteiger partial charge on any atom is 0.259 e. The first-order valence-electron chi connectivity index (χ1n) is 11.3. The molecule has 0 aliphatic heterocycles. The van der Waals surface area contributed by atoms with Crippen LogP contribution in [0.5, 0.6) is 0 Å². The molecule has 1 N–H and O–H groups in total. The minimum absolute atomic E-state index is 0.0697. The second-order valence-corrected chi connectivity index (χ2v) is 8.43. The minimum atomic E-state index is -0.836. The molecular weight excluding hydrogens is 398 g/mol. The molecule has 0 spiro atoms. The SMILES string of the molecule is CCCc1nc(CC)c(C(O)C(C)C)c(=O)n1Cc1ccc(-c2ccccc2C#N)cc1. The number of aryl methyl sites for hydroxylation is 2. The van der Waals surface area contributed by atoms with E-state index in [0.717, 1.165) is 28.9 Å². The van der Waals surface area contributed by atoms with Crippen molar-refractivity contribution in [2.45, 2.75) is 59.6 Å². The van der Waals surface area contributed by atoms with Crippen LogP contribution >= 0.6 is 0 Å². The van der Waals surface area contributed by atoms with E-state index >= 15 is 0 Å². The third kappa shape index (κ3) is 4.81. The summed E-state index contributed by atoms with van der Waals surface area (Å²) in [6.45, 7) is 8.25. The standard InChI is InChI=1S/C27H31N3O2/c1-5-9-24-29-23(6-2)25(26(31)18(3)4)27(32)30(24)17-19-12-14-20(15-13-19)22-11-8-7-10-21(22)16-28/h7-8,10-15,18,26,31H,5-6,9,17H2,1-4H3. The van der Waals surface area contributed by atoms with E-state index in [2.05, 4.69) is 13.0 Å². The van der Waals surface area contributed by atoms with Crippen molar-refractivity contribution in [3.8, 4) is 17.2 Å². The number of aliphatic hydroxyl groups excluding tert-OH is 1. The molecule has 0 bridgehead atoms. The molecule has 1 atom stereocenters. The van der Waals surface area contributed by atoms with Crippen molar-refractivity contribution in [1.82, 2.24) is 9.55 Å². The highest BCUT2D eigenvalue weighted by atomic mass is 16.3. The van der Waals surface area contributed by atoms with Crippen LogP contribution in [-0.2, 0) is 19.4 Å². The van der Waals surface area contributed by atoms with Crippen LogP contribution < -0.4 is 5.56 Å². The van der Waals surface area contributed by atoms with Crippen molar-refractivity contribution in [3.63, 3.8) is 0 Å². The Hall–Kier alpha value is -3.23. The highest BCUT2D eigenvalue weighted by Crippen LogP contribution is 2.25. The number of nitrogens with zero attached hydrogens (tertiary/aromatic N) is 3. The summed E-state index contributed by atoms with van der Waals surface area (Å²) in [6.07, 6.45) is 1.36.